The van der Waals surface area contributed by atoms with Crippen LogP contribution in [0, 0.1) is 5.92 Å². The summed E-state index contributed by atoms with van der Waals surface area (Å²) in [6, 6.07) is -0.0483. The number of hydrogen-bond donors (Lipinski definition) is 1. The molecule has 0 aliphatic carbocycles. The number of aliphatic hydroxyl groups excluding tert-OH is 1. The first kappa shape index (κ1) is 9.60. The van der Waals surface area contributed by atoms with E-state index in [9.17, 15) is 9.90 Å². The zero-order valence-electron chi connectivity index (χ0n) is 8.93. The summed E-state index contributed by atoms with van der Waals surface area (Å²) in [5.41, 5.74) is 0. The van der Waals surface area contributed by atoms with Gasteiger partial charge in [-0.1, -0.05) is 13.3 Å². The van der Waals surface area contributed by atoms with E-state index in [1.54, 1.807) is 0 Å². The van der Waals surface area contributed by atoms with Crippen molar-refractivity contribution in [3.05, 3.63) is 0 Å². The number of ether oxygens (including phenoxy) is 1. The molecule has 0 aromatic heterocycles. The molecule has 3 aliphatic heterocycles. The first-order valence-electron chi connectivity index (χ1n) is 5.88. The Labute approximate surface area is 89.2 Å². The molecule has 3 rings (SSSR count). The highest BCUT2D eigenvalue weighted by molar-refractivity contribution is 5.84. The molecular formula is C11H17NO3. The Bertz CT molecular complexity index is 294. The van der Waals surface area contributed by atoms with Gasteiger partial charge in [-0.25, -0.2) is 0 Å². The van der Waals surface area contributed by atoms with E-state index in [1.807, 2.05) is 4.90 Å². The molecule has 2 bridgehead atoms. The maximum Gasteiger partial charge on any atom is 0.228 e. The van der Waals surface area contributed by atoms with Gasteiger partial charge in [-0.05, 0) is 12.8 Å². The minimum absolute atomic E-state index is 0.0191. The van der Waals surface area contributed by atoms with Gasteiger partial charge in [0.1, 0.15) is 6.10 Å². The molecule has 5 unspecified atom stereocenters. The van der Waals surface area contributed by atoms with Crippen LogP contribution in [0.15, 0.2) is 0 Å². The van der Waals surface area contributed by atoms with Crippen LogP contribution in [0.1, 0.15) is 26.2 Å². The van der Waals surface area contributed by atoms with E-state index in [1.165, 1.54) is 0 Å². The zero-order valence-corrected chi connectivity index (χ0v) is 8.93. The van der Waals surface area contributed by atoms with E-state index in [-0.39, 0.29) is 30.1 Å². The van der Waals surface area contributed by atoms with Crippen LogP contribution in [-0.2, 0) is 9.53 Å². The summed E-state index contributed by atoms with van der Waals surface area (Å²) in [6.07, 6.45) is 2.26. The predicted octanol–water partition coefficient (Wildman–Crippen LogP) is 0.145. The van der Waals surface area contributed by atoms with Gasteiger partial charge in [-0.15, -0.1) is 0 Å². The minimum Gasteiger partial charge on any atom is -0.388 e. The van der Waals surface area contributed by atoms with E-state index >= 15 is 0 Å². The number of hydrogen-bond acceptors (Lipinski definition) is 3. The van der Waals surface area contributed by atoms with Crippen LogP contribution in [0.3, 0.4) is 0 Å². The lowest BCUT2D eigenvalue weighted by molar-refractivity contribution is -0.132. The maximum absolute atomic E-state index is 12.0. The van der Waals surface area contributed by atoms with Crippen molar-refractivity contribution in [3.8, 4) is 0 Å². The molecule has 0 aromatic rings. The van der Waals surface area contributed by atoms with Gasteiger partial charge in [0.15, 0.2) is 0 Å². The third-order valence-corrected chi connectivity index (χ3v) is 3.99. The summed E-state index contributed by atoms with van der Waals surface area (Å²) < 4.78 is 5.64. The Balaban J connectivity index is 1.82. The summed E-state index contributed by atoms with van der Waals surface area (Å²) in [4.78, 5) is 13.9. The molecule has 0 saturated carbocycles. The molecule has 84 valence electrons. The Morgan fingerprint density at radius 3 is 3.07 bits per heavy atom. The second-order valence-electron chi connectivity index (χ2n) is 4.85. The monoisotopic (exact) mass is 211 g/mol. The van der Waals surface area contributed by atoms with Crippen molar-refractivity contribution in [2.45, 2.75) is 50.5 Å². The van der Waals surface area contributed by atoms with E-state index in [4.69, 9.17) is 4.74 Å². The molecule has 5 atom stereocenters. The average molecular weight is 211 g/mol. The van der Waals surface area contributed by atoms with Gasteiger partial charge in [0.05, 0.1) is 24.2 Å². The van der Waals surface area contributed by atoms with E-state index in [0.29, 0.717) is 0 Å². The number of unbranched alkanes of at least 4 members (excludes halogenated alkanes) is 1. The molecule has 3 aliphatic rings. The van der Waals surface area contributed by atoms with Crippen LogP contribution in [0.4, 0.5) is 0 Å². The van der Waals surface area contributed by atoms with Gasteiger partial charge in [-0.2, -0.15) is 0 Å². The number of carbonyl (C=O) groups is 1. The normalized spacial score (nSPS) is 46.9. The standard InChI is InChI=1S/C11H17NO3/c1-2-3-4-12-8-9(13)7-5-6(11(12)14)10(8)15-7/h6-10,13H,2-5H2,1H3. The third kappa shape index (κ3) is 1.12. The lowest BCUT2D eigenvalue weighted by atomic mass is 9.88. The van der Waals surface area contributed by atoms with Crippen LogP contribution in [-0.4, -0.2) is 46.8 Å². The maximum atomic E-state index is 12.0. The highest BCUT2D eigenvalue weighted by atomic mass is 16.5. The lowest BCUT2D eigenvalue weighted by Crippen LogP contribution is -2.44. The Morgan fingerprint density at radius 1 is 1.60 bits per heavy atom. The minimum atomic E-state index is -0.449. The number of rotatable bonds is 3. The number of aliphatic hydroxyl groups is 1. The number of amides is 1. The van der Waals surface area contributed by atoms with Crippen molar-refractivity contribution in [3.63, 3.8) is 0 Å². The smallest absolute Gasteiger partial charge is 0.228 e. The summed E-state index contributed by atoms with van der Waals surface area (Å²) >= 11 is 0. The highest BCUT2D eigenvalue weighted by Gasteiger charge is 2.64. The van der Waals surface area contributed by atoms with E-state index < -0.39 is 6.10 Å². The predicted molar refractivity (Wildman–Crippen MR) is 53.2 cm³/mol. The Kier molecular flexibility index (Phi) is 2.04. The van der Waals surface area contributed by atoms with Gasteiger partial charge in [0.25, 0.3) is 0 Å². The van der Waals surface area contributed by atoms with Gasteiger partial charge in [0.2, 0.25) is 5.91 Å². The third-order valence-electron chi connectivity index (χ3n) is 3.99. The summed E-state index contributed by atoms with van der Waals surface area (Å²) in [7, 11) is 0. The summed E-state index contributed by atoms with van der Waals surface area (Å²) in [5.74, 6) is 0.248. The van der Waals surface area contributed by atoms with E-state index in [2.05, 4.69) is 6.92 Å². The van der Waals surface area contributed by atoms with Crippen LogP contribution in [0.5, 0.6) is 0 Å². The quantitative estimate of drug-likeness (QED) is 0.722. The van der Waals surface area contributed by atoms with Crippen LogP contribution >= 0.6 is 0 Å². The number of likely N-dealkylation sites (tertiary alicyclic amines) is 1. The molecule has 0 aromatic carbocycles. The molecule has 0 spiro atoms. The fourth-order valence-corrected chi connectivity index (χ4v) is 3.24. The van der Waals surface area contributed by atoms with Crippen molar-refractivity contribution >= 4 is 5.91 Å². The first-order chi connectivity index (χ1) is 7.24. The Morgan fingerprint density at radius 2 is 2.40 bits per heavy atom. The largest absolute Gasteiger partial charge is 0.388 e. The average Bonchev–Trinajstić information content (AvgIpc) is 2.81. The van der Waals surface area contributed by atoms with Crippen LogP contribution in [0.2, 0.25) is 0 Å². The topological polar surface area (TPSA) is 49.8 Å². The number of carbonyl (C=O) groups excluding carboxylic acids is 1. The fourth-order valence-electron chi connectivity index (χ4n) is 3.24. The van der Waals surface area contributed by atoms with Crippen LogP contribution < -0.4 is 0 Å². The second kappa shape index (κ2) is 3.19. The molecule has 3 fully saturated rings. The van der Waals surface area contributed by atoms with Gasteiger partial charge < -0.3 is 14.7 Å². The van der Waals surface area contributed by atoms with Gasteiger partial charge >= 0.3 is 0 Å². The molecule has 1 amide bonds. The zero-order chi connectivity index (χ0) is 10.6. The molecule has 0 radical (unpaired) electrons. The van der Waals surface area contributed by atoms with Crippen molar-refractivity contribution < 1.29 is 14.6 Å². The molecule has 1 N–H and O–H groups in total. The Hall–Kier alpha value is -0.610. The number of nitrogens with zero attached hydrogens (tertiary/aromatic N) is 1. The van der Waals surface area contributed by atoms with E-state index in [0.717, 1.165) is 25.8 Å². The SMILES string of the molecule is CCCCN1C(=O)C2CC3OC2C1C3O. The summed E-state index contributed by atoms with van der Waals surface area (Å²) in [5, 5.41) is 9.97. The van der Waals surface area contributed by atoms with Gasteiger partial charge in [-0.3, -0.25) is 4.79 Å². The van der Waals surface area contributed by atoms with Gasteiger partial charge in [0, 0.05) is 6.54 Å². The first-order valence-corrected chi connectivity index (χ1v) is 5.88. The lowest BCUT2D eigenvalue weighted by Gasteiger charge is -2.26. The highest BCUT2D eigenvalue weighted by Crippen LogP contribution is 2.47. The van der Waals surface area contributed by atoms with Crippen LogP contribution in [0.25, 0.3) is 0 Å². The molecule has 3 saturated heterocycles. The molecule has 4 heteroatoms. The van der Waals surface area contributed by atoms with Crippen molar-refractivity contribution in [2.75, 3.05) is 6.54 Å². The van der Waals surface area contributed by atoms with Crippen molar-refractivity contribution in [2.24, 2.45) is 5.92 Å². The molecule has 15 heavy (non-hydrogen) atoms. The molecule has 3 heterocycles. The summed E-state index contributed by atoms with van der Waals surface area (Å²) in [6.45, 7) is 2.89. The van der Waals surface area contributed by atoms with Crippen molar-refractivity contribution in [1.29, 1.82) is 0 Å². The fraction of sp³-hybridized carbons (Fsp3) is 0.909. The molecule has 4 nitrogen and oxygen atoms in total. The molecular weight excluding hydrogens is 194 g/mol. The number of fused-ring (bicyclic) bond motifs is 1. The van der Waals surface area contributed by atoms with Crippen molar-refractivity contribution in [1.82, 2.24) is 4.90 Å². The second-order valence-corrected chi connectivity index (χ2v) is 4.85.